The number of allylic oxidation sites excluding steroid dienone is 1. The van der Waals surface area contributed by atoms with Gasteiger partial charge in [-0.15, -0.1) is 0 Å². The molecule has 0 bridgehead atoms. The van der Waals surface area contributed by atoms with Gasteiger partial charge in [0.25, 0.3) is 0 Å². The highest BCUT2D eigenvalue weighted by Crippen LogP contribution is 2.41. The summed E-state index contributed by atoms with van der Waals surface area (Å²) in [5.74, 6) is 0. The Balaban J connectivity index is 2.99. The van der Waals surface area contributed by atoms with Crippen molar-refractivity contribution in [3.63, 3.8) is 0 Å². The lowest BCUT2D eigenvalue weighted by atomic mass is 10.4. The van der Waals surface area contributed by atoms with E-state index < -0.39 is 24.2 Å². The van der Waals surface area contributed by atoms with E-state index in [2.05, 4.69) is 119 Å². The van der Waals surface area contributed by atoms with Crippen molar-refractivity contribution in [2.24, 2.45) is 0 Å². The zero-order chi connectivity index (χ0) is 19.6. The van der Waals surface area contributed by atoms with Crippen LogP contribution in [0, 0.1) is 0 Å². The second kappa shape index (κ2) is 7.83. The summed E-state index contributed by atoms with van der Waals surface area (Å²) in [4.78, 5) is 0.835. The zero-order valence-corrected chi connectivity index (χ0v) is 20.9. The van der Waals surface area contributed by atoms with Crippen molar-refractivity contribution in [1.82, 2.24) is 0 Å². The summed E-state index contributed by atoms with van der Waals surface area (Å²) in [7, 11) is -4.87. The molecule has 0 aromatic heterocycles. The molecule has 26 heavy (non-hydrogen) atoms. The molecule has 0 heterocycles. The molecule has 2 rings (SSSR count). The molecule has 0 amide bonds. The minimum atomic E-state index is -2.05. The Morgan fingerprint density at radius 3 is 1.27 bits per heavy atom. The predicted molar refractivity (Wildman–Crippen MR) is 128 cm³/mol. The summed E-state index contributed by atoms with van der Waals surface area (Å²) in [5.41, 5.74) is 4.18. The van der Waals surface area contributed by atoms with Gasteiger partial charge in [-0.1, -0.05) is 122 Å². The van der Waals surface area contributed by atoms with E-state index in [4.69, 9.17) is 0 Å². The van der Waals surface area contributed by atoms with Crippen LogP contribution in [0.1, 0.15) is 13.8 Å². The van der Waals surface area contributed by atoms with Gasteiger partial charge in [-0.2, -0.15) is 0 Å². The van der Waals surface area contributed by atoms with Crippen molar-refractivity contribution in [3.8, 4) is 0 Å². The van der Waals surface area contributed by atoms with Crippen LogP contribution in [0.3, 0.4) is 0 Å². The van der Waals surface area contributed by atoms with E-state index in [1.54, 1.807) is 10.4 Å². The first-order chi connectivity index (χ1) is 12.0. The smallest absolute Gasteiger partial charge is 0.0874 e. The van der Waals surface area contributed by atoms with Gasteiger partial charge >= 0.3 is 0 Å². The van der Waals surface area contributed by atoms with E-state index in [0.717, 1.165) is 4.79 Å². The maximum absolute atomic E-state index is 2.72. The van der Waals surface area contributed by atoms with Crippen LogP contribution in [0.2, 0.25) is 44.1 Å². The molecule has 0 saturated carbocycles. The molecule has 0 unspecified atom stereocenters. The molecule has 3 heteroatoms. The van der Waals surface area contributed by atoms with Gasteiger partial charge in [-0.3, -0.25) is 0 Å². The van der Waals surface area contributed by atoms with Crippen LogP contribution >= 0.6 is 0 Å². The SMILES string of the molecule is CC(C)=C[Si](c1ccccc1)(c1ccccc1)C([Si](C)(C)C)[Si](C)(C)C. The third-order valence-corrected chi connectivity index (χ3v) is 26.3. The predicted octanol–water partition coefficient (Wildman–Crippen LogP) is 5.88. The van der Waals surface area contributed by atoms with Crippen molar-refractivity contribution in [1.29, 1.82) is 0 Å². The maximum Gasteiger partial charge on any atom is 0.139 e. The van der Waals surface area contributed by atoms with E-state index in [0.29, 0.717) is 0 Å². The molecule has 0 saturated heterocycles. The van der Waals surface area contributed by atoms with Crippen LogP contribution in [-0.2, 0) is 0 Å². The Bertz CT molecular complexity index is 677. The van der Waals surface area contributed by atoms with Crippen molar-refractivity contribution in [2.45, 2.75) is 57.9 Å². The Morgan fingerprint density at radius 1 is 0.654 bits per heavy atom. The maximum atomic E-state index is 2.72. The van der Waals surface area contributed by atoms with Crippen molar-refractivity contribution < 1.29 is 0 Å². The molecular weight excluding hydrogens is 361 g/mol. The van der Waals surface area contributed by atoms with Gasteiger partial charge in [0.05, 0.1) is 0 Å². The third-order valence-electron chi connectivity index (χ3n) is 5.21. The van der Waals surface area contributed by atoms with Gasteiger partial charge in [0, 0.05) is 16.1 Å². The summed E-state index contributed by atoms with van der Waals surface area (Å²) in [5, 5.41) is 3.17. The Hall–Kier alpha value is -1.17. The summed E-state index contributed by atoms with van der Waals surface area (Å²) >= 11 is 0. The molecular formula is C23H36Si3. The van der Waals surface area contributed by atoms with Crippen molar-refractivity contribution >= 4 is 34.6 Å². The summed E-state index contributed by atoms with van der Waals surface area (Å²) in [6.45, 7) is 20.2. The van der Waals surface area contributed by atoms with Gasteiger partial charge in [-0.05, 0) is 18.6 Å². The summed E-state index contributed by atoms with van der Waals surface area (Å²) < 4.78 is 0. The standard InChI is InChI=1S/C23H36Si3/c1-20(2)19-26(21-15-11-9-12-16-21,22-17-13-10-14-18-22)23(24(3,4)5)25(6,7)8/h9-19,23H,1-8H3. The number of hydrogen-bond acceptors (Lipinski definition) is 0. The first kappa shape index (κ1) is 21.1. The van der Waals surface area contributed by atoms with Crippen molar-refractivity contribution in [3.05, 3.63) is 71.9 Å². The lowest BCUT2D eigenvalue weighted by molar-refractivity contribution is 1.35. The van der Waals surface area contributed by atoms with Crippen LogP contribution < -0.4 is 10.4 Å². The molecule has 0 radical (unpaired) electrons. The minimum absolute atomic E-state index is 0.835. The second-order valence-electron chi connectivity index (χ2n) is 9.99. The highest BCUT2D eigenvalue weighted by molar-refractivity contribution is 7.23. The minimum Gasteiger partial charge on any atom is -0.0874 e. The Labute approximate surface area is 164 Å². The van der Waals surface area contributed by atoms with E-state index >= 15 is 0 Å². The first-order valence-corrected chi connectivity index (χ1v) is 19.1. The molecule has 2 aromatic carbocycles. The molecule has 0 fully saturated rings. The molecule has 0 aliphatic rings. The summed E-state index contributed by atoms with van der Waals surface area (Å²) in [6, 6.07) is 22.9. The highest BCUT2D eigenvalue weighted by atomic mass is 28.5. The van der Waals surface area contributed by atoms with Crippen LogP contribution in [0.15, 0.2) is 71.9 Å². The molecule has 0 aliphatic carbocycles. The summed E-state index contributed by atoms with van der Waals surface area (Å²) in [6.07, 6.45) is 0. The first-order valence-electron chi connectivity index (χ1n) is 9.76. The monoisotopic (exact) mass is 396 g/mol. The van der Waals surface area contributed by atoms with E-state index in [9.17, 15) is 0 Å². The van der Waals surface area contributed by atoms with Gasteiger partial charge in [0.2, 0.25) is 0 Å². The fraction of sp³-hybridized carbons (Fsp3) is 0.391. The lowest BCUT2D eigenvalue weighted by Crippen LogP contribution is -2.70. The fourth-order valence-corrected chi connectivity index (χ4v) is 33.0. The highest BCUT2D eigenvalue weighted by Gasteiger charge is 2.53. The van der Waals surface area contributed by atoms with Gasteiger partial charge in [0.15, 0.2) is 0 Å². The lowest BCUT2D eigenvalue weighted by Gasteiger charge is -2.50. The largest absolute Gasteiger partial charge is 0.139 e. The molecule has 0 atom stereocenters. The average molecular weight is 397 g/mol. The Kier molecular flexibility index (Phi) is 6.36. The van der Waals surface area contributed by atoms with Crippen LogP contribution in [0.4, 0.5) is 0 Å². The number of hydrogen-bond donors (Lipinski definition) is 0. The molecule has 2 aromatic rings. The normalized spacial score (nSPS) is 13.0. The second-order valence-corrected chi connectivity index (χ2v) is 26.1. The van der Waals surface area contributed by atoms with E-state index in [-0.39, 0.29) is 0 Å². The Morgan fingerprint density at radius 2 is 1.00 bits per heavy atom. The third kappa shape index (κ3) is 4.38. The average Bonchev–Trinajstić information content (AvgIpc) is 2.52. The van der Waals surface area contributed by atoms with Crippen LogP contribution in [-0.4, -0.2) is 24.2 Å². The van der Waals surface area contributed by atoms with Crippen LogP contribution in [0.25, 0.3) is 0 Å². The van der Waals surface area contributed by atoms with Gasteiger partial charge in [0.1, 0.15) is 8.07 Å². The molecule has 0 spiro atoms. The fourth-order valence-electron chi connectivity index (χ4n) is 5.30. The molecule has 0 N–H and O–H groups in total. The number of benzene rings is 2. The quantitative estimate of drug-likeness (QED) is 0.535. The van der Waals surface area contributed by atoms with Crippen LogP contribution in [0.5, 0.6) is 0 Å². The topological polar surface area (TPSA) is 0 Å². The number of rotatable bonds is 6. The molecule has 0 nitrogen and oxygen atoms in total. The molecule has 0 aliphatic heterocycles. The van der Waals surface area contributed by atoms with E-state index in [1.165, 1.54) is 5.57 Å². The van der Waals surface area contributed by atoms with Crippen molar-refractivity contribution in [2.75, 3.05) is 0 Å². The van der Waals surface area contributed by atoms with E-state index in [1.807, 2.05) is 0 Å². The van der Waals surface area contributed by atoms with Gasteiger partial charge < -0.3 is 0 Å². The van der Waals surface area contributed by atoms with Gasteiger partial charge in [-0.25, -0.2) is 0 Å². The molecule has 140 valence electrons. The zero-order valence-electron chi connectivity index (χ0n) is 17.9.